The van der Waals surface area contributed by atoms with Gasteiger partial charge in [0.2, 0.25) is 5.91 Å². The number of hydrogen-bond donors (Lipinski definition) is 1. The quantitative estimate of drug-likeness (QED) is 0.890. The number of nitrogens with zero attached hydrogens (tertiary/aromatic N) is 1. The van der Waals surface area contributed by atoms with Crippen molar-refractivity contribution < 1.29 is 19.4 Å². The minimum Gasteiger partial charge on any atom is -0.497 e. The molecule has 0 saturated carbocycles. The molecule has 0 spiro atoms. The van der Waals surface area contributed by atoms with Gasteiger partial charge in [-0.3, -0.25) is 9.59 Å². The van der Waals surface area contributed by atoms with E-state index in [0.29, 0.717) is 0 Å². The summed E-state index contributed by atoms with van der Waals surface area (Å²) in [5, 5.41) is 10.8. The van der Waals surface area contributed by atoms with Crippen molar-refractivity contribution in [2.45, 2.75) is 19.3 Å². The molecule has 0 aliphatic heterocycles. The van der Waals surface area contributed by atoms with E-state index < -0.39 is 5.97 Å². The van der Waals surface area contributed by atoms with Gasteiger partial charge < -0.3 is 14.7 Å². The van der Waals surface area contributed by atoms with Crippen LogP contribution in [0.4, 0.5) is 0 Å². The third kappa shape index (κ3) is 4.00. The third-order valence-corrected chi connectivity index (χ3v) is 3.98. The lowest BCUT2D eigenvalue weighted by Gasteiger charge is -2.21. The number of ether oxygens (including phenoxy) is 1. The smallest absolute Gasteiger partial charge is 0.305 e. The number of benzene rings is 2. The highest BCUT2D eigenvalue weighted by Crippen LogP contribution is 2.26. The van der Waals surface area contributed by atoms with E-state index in [1.165, 1.54) is 4.90 Å². The molecule has 0 aliphatic rings. The first-order chi connectivity index (χ1) is 10.9. The van der Waals surface area contributed by atoms with Crippen molar-refractivity contribution in [3.05, 3.63) is 42.0 Å². The number of rotatable bonds is 6. The Morgan fingerprint density at radius 1 is 1.17 bits per heavy atom. The fraction of sp³-hybridized carbons (Fsp3) is 0.333. The Hall–Kier alpha value is -2.56. The van der Waals surface area contributed by atoms with Crippen molar-refractivity contribution in [1.82, 2.24) is 4.90 Å². The molecule has 0 aliphatic carbocycles. The molecule has 0 saturated heterocycles. The minimum absolute atomic E-state index is 0.0491. The average Bonchev–Trinajstić information content (AvgIpc) is 2.57. The van der Waals surface area contributed by atoms with Crippen LogP contribution in [0.5, 0.6) is 5.75 Å². The van der Waals surface area contributed by atoms with Gasteiger partial charge in [-0.1, -0.05) is 24.3 Å². The number of carbonyl (C=O) groups is 2. The van der Waals surface area contributed by atoms with Crippen LogP contribution in [0.1, 0.15) is 24.8 Å². The first-order valence-corrected chi connectivity index (χ1v) is 7.47. The second-order valence-corrected chi connectivity index (χ2v) is 5.60. The van der Waals surface area contributed by atoms with Crippen molar-refractivity contribution in [1.29, 1.82) is 0 Å². The van der Waals surface area contributed by atoms with E-state index in [-0.39, 0.29) is 24.8 Å². The maximum absolute atomic E-state index is 12.4. The van der Waals surface area contributed by atoms with Gasteiger partial charge in [-0.25, -0.2) is 0 Å². The van der Waals surface area contributed by atoms with E-state index in [9.17, 15) is 9.59 Å². The molecule has 1 N–H and O–H groups in total. The summed E-state index contributed by atoms with van der Waals surface area (Å²) in [6.07, 6.45) is -0.0491. The van der Waals surface area contributed by atoms with Gasteiger partial charge in [0.05, 0.1) is 19.4 Å². The second kappa shape index (κ2) is 7.13. The molecule has 23 heavy (non-hydrogen) atoms. The predicted molar refractivity (Wildman–Crippen MR) is 88.8 cm³/mol. The summed E-state index contributed by atoms with van der Waals surface area (Å²) in [7, 11) is 3.26. The van der Waals surface area contributed by atoms with Crippen LogP contribution >= 0.6 is 0 Å². The van der Waals surface area contributed by atoms with Crippen molar-refractivity contribution in [3.63, 3.8) is 0 Å². The maximum atomic E-state index is 12.4. The third-order valence-electron chi connectivity index (χ3n) is 3.98. The highest BCUT2D eigenvalue weighted by atomic mass is 16.5. The highest BCUT2D eigenvalue weighted by molar-refractivity contribution is 5.88. The fourth-order valence-electron chi connectivity index (χ4n) is 2.49. The molecule has 1 unspecified atom stereocenters. The Morgan fingerprint density at radius 2 is 1.83 bits per heavy atom. The van der Waals surface area contributed by atoms with Crippen LogP contribution in [0.2, 0.25) is 0 Å². The van der Waals surface area contributed by atoms with Gasteiger partial charge in [-0.15, -0.1) is 0 Å². The van der Waals surface area contributed by atoms with E-state index in [1.54, 1.807) is 14.2 Å². The summed E-state index contributed by atoms with van der Waals surface area (Å²) in [4.78, 5) is 24.5. The van der Waals surface area contributed by atoms with Crippen molar-refractivity contribution in [2.24, 2.45) is 0 Å². The zero-order chi connectivity index (χ0) is 17.0. The van der Waals surface area contributed by atoms with Gasteiger partial charge in [-0.05, 0) is 35.4 Å². The monoisotopic (exact) mass is 315 g/mol. The van der Waals surface area contributed by atoms with E-state index in [2.05, 4.69) is 0 Å². The van der Waals surface area contributed by atoms with Gasteiger partial charge in [0.1, 0.15) is 5.75 Å². The van der Waals surface area contributed by atoms with Crippen LogP contribution in [-0.4, -0.2) is 42.6 Å². The highest BCUT2D eigenvalue weighted by Gasteiger charge is 2.20. The van der Waals surface area contributed by atoms with Gasteiger partial charge in [0.25, 0.3) is 0 Å². The van der Waals surface area contributed by atoms with Crippen molar-refractivity contribution in [2.75, 3.05) is 20.7 Å². The zero-order valence-corrected chi connectivity index (χ0v) is 13.6. The SMILES string of the molecule is COc1ccc2cc(C(C)C(=O)N(C)CCC(=O)O)ccc2c1. The number of hydrogen-bond acceptors (Lipinski definition) is 3. The normalized spacial score (nSPS) is 12.0. The molecular weight excluding hydrogens is 294 g/mol. The maximum Gasteiger partial charge on any atom is 0.305 e. The van der Waals surface area contributed by atoms with E-state index in [4.69, 9.17) is 9.84 Å². The molecule has 122 valence electrons. The lowest BCUT2D eigenvalue weighted by Crippen LogP contribution is -2.32. The molecule has 1 atom stereocenters. The Balaban J connectivity index is 2.18. The Morgan fingerprint density at radius 3 is 2.48 bits per heavy atom. The van der Waals surface area contributed by atoms with E-state index >= 15 is 0 Å². The fourth-order valence-corrected chi connectivity index (χ4v) is 2.49. The van der Waals surface area contributed by atoms with E-state index in [0.717, 1.165) is 22.1 Å². The van der Waals surface area contributed by atoms with Crippen molar-refractivity contribution in [3.8, 4) is 5.75 Å². The lowest BCUT2D eigenvalue weighted by molar-refractivity contribution is -0.138. The molecule has 0 radical (unpaired) electrons. The molecule has 5 heteroatoms. The summed E-state index contributed by atoms with van der Waals surface area (Å²) < 4.78 is 5.21. The Bertz CT molecular complexity index is 726. The molecule has 2 aromatic carbocycles. The largest absolute Gasteiger partial charge is 0.497 e. The number of carboxylic acids is 1. The Labute approximate surface area is 135 Å². The predicted octanol–water partition coefficient (Wildman–Crippen LogP) is 2.89. The zero-order valence-electron chi connectivity index (χ0n) is 13.6. The standard InChI is InChI=1S/C18H21NO4/c1-12(18(22)19(2)9-8-17(20)21)13-4-5-15-11-16(23-3)7-6-14(15)10-13/h4-7,10-12H,8-9H2,1-3H3,(H,20,21). The summed E-state index contributed by atoms with van der Waals surface area (Å²) in [5.41, 5.74) is 0.912. The number of amides is 1. The summed E-state index contributed by atoms with van der Waals surface area (Å²) >= 11 is 0. The first kappa shape index (κ1) is 16.8. The molecule has 2 rings (SSSR count). The Kier molecular flexibility index (Phi) is 5.21. The number of carboxylic acid groups (broad SMARTS) is 1. The van der Waals surface area contributed by atoms with Gasteiger partial charge >= 0.3 is 5.97 Å². The second-order valence-electron chi connectivity index (χ2n) is 5.60. The molecule has 1 amide bonds. The van der Waals surface area contributed by atoms with Crippen molar-refractivity contribution >= 4 is 22.6 Å². The van der Waals surface area contributed by atoms with Crippen LogP contribution in [0, 0.1) is 0 Å². The minimum atomic E-state index is -0.906. The van der Waals surface area contributed by atoms with Gasteiger partial charge in [-0.2, -0.15) is 0 Å². The number of carbonyl (C=O) groups excluding carboxylic acids is 1. The topological polar surface area (TPSA) is 66.8 Å². The molecule has 2 aromatic rings. The van der Waals surface area contributed by atoms with Crippen LogP contribution in [0.15, 0.2) is 36.4 Å². The average molecular weight is 315 g/mol. The first-order valence-electron chi connectivity index (χ1n) is 7.47. The number of likely N-dealkylation sites (N-methyl/N-ethyl adjacent to an activating group) is 1. The summed E-state index contributed by atoms with van der Waals surface area (Å²) in [5.74, 6) is -0.515. The summed E-state index contributed by atoms with van der Waals surface area (Å²) in [6.45, 7) is 2.05. The number of methoxy groups -OCH3 is 1. The van der Waals surface area contributed by atoms with Crippen LogP contribution in [0.3, 0.4) is 0 Å². The molecular formula is C18H21NO4. The van der Waals surface area contributed by atoms with Crippen LogP contribution in [-0.2, 0) is 9.59 Å². The van der Waals surface area contributed by atoms with Crippen LogP contribution in [0.25, 0.3) is 10.8 Å². The molecule has 5 nitrogen and oxygen atoms in total. The van der Waals surface area contributed by atoms with Gasteiger partial charge in [0, 0.05) is 13.6 Å². The van der Waals surface area contributed by atoms with Gasteiger partial charge in [0.15, 0.2) is 0 Å². The number of aliphatic carboxylic acids is 1. The van der Waals surface area contributed by atoms with Crippen LogP contribution < -0.4 is 4.74 Å². The molecule has 0 bridgehead atoms. The molecule has 0 heterocycles. The number of fused-ring (bicyclic) bond motifs is 1. The molecule has 0 aromatic heterocycles. The lowest BCUT2D eigenvalue weighted by atomic mass is 9.96. The summed E-state index contributed by atoms with van der Waals surface area (Å²) in [6, 6.07) is 11.7. The van der Waals surface area contributed by atoms with E-state index in [1.807, 2.05) is 43.3 Å². The molecule has 0 fully saturated rings.